The van der Waals surface area contributed by atoms with Crippen LogP contribution < -0.4 is 5.32 Å². The van der Waals surface area contributed by atoms with Gasteiger partial charge < -0.3 is 5.32 Å². The van der Waals surface area contributed by atoms with Gasteiger partial charge in [0.25, 0.3) is 0 Å². The average molecular weight is 358 g/mol. The van der Waals surface area contributed by atoms with Crippen LogP contribution in [0.3, 0.4) is 0 Å². The Morgan fingerprint density at radius 3 is 3.00 bits per heavy atom. The molecule has 0 radical (unpaired) electrons. The van der Waals surface area contributed by atoms with Crippen LogP contribution in [0.2, 0.25) is 0 Å². The van der Waals surface area contributed by atoms with E-state index in [0.717, 1.165) is 59.5 Å². The van der Waals surface area contributed by atoms with Gasteiger partial charge in [-0.2, -0.15) is 0 Å². The fourth-order valence-electron chi connectivity index (χ4n) is 3.57. The molecule has 1 atom stereocenters. The molecular formula is C20H18N6O. The van der Waals surface area contributed by atoms with Crippen LogP contribution in [-0.4, -0.2) is 25.3 Å². The number of nitrogens with zero attached hydrogens (tertiary/aromatic N) is 5. The summed E-state index contributed by atoms with van der Waals surface area (Å²) in [4.78, 5) is 13.5. The molecule has 3 aromatic heterocycles. The van der Waals surface area contributed by atoms with Gasteiger partial charge in [-0.05, 0) is 59.4 Å². The molecule has 0 amide bonds. The van der Waals surface area contributed by atoms with Crippen molar-refractivity contribution in [3.05, 3.63) is 65.7 Å². The van der Waals surface area contributed by atoms with Gasteiger partial charge >= 0.3 is 0 Å². The number of pyridine rings is 1. The minimum Gasteiger partial charge on any atom is -0.306 e. The van der Waals surface area contributed by atoms with Gasteiger partial charge in [-0.25, -0.2) is 14.6 Å². The number of rotatable bonds is 4. The Hall–Kier alpha value is -3.19. The molecule has 0 unspecified atom stereocenters. The largest absolute Gasteiger partial charge is 0.306 e. The van der Waals surface area contributed by atoms with Crippen molar-refractivity contribution < 1.29 is 4.63 Å². The molecule has 1 aliphatic rings. The summed E-state index contributed by atoms with van der Waals surface area (Å²) >= 11 is 0. The lowest BCUT2D eigenvalue weighted by Crippen LogP contribution is -2.26. The second kappa shape index (κ2) is 6.85. The quantitative estimate of drug-likeness (QED) is 0.599. The summed E-state index contributed by atoms with van der Waals surface area (Å²) in [5, 5.41) is 11.4. The second-order valence-electron chi connectivity index (χ2n) is 6.75. The van der Waals surface area contributed by atoms with E-state index < -0.39 is 0 Å². The van der Waals surface area contributed by atoms with Gasteiger partial charge in [0.2, 0.25) is 0 Å². The van der Waals surface area contributed by atoms with Gasteiger partial charge in [-0.1, -0.05) is 6.07 Å². The molecular weight excluding hydrogens is 340 g/mol. The van der Waals surface area contributed by atoms with Gasteiger partial charge in [0, 0.05) is 48.0 Å². The Labute approximate surface area is 155 Å². The van der Waals surface area contributed by atoms with Crippen molar-refractivity contribution in [1.82, 2.24) is 30.6 Å². The van der Waals surface area contributed by atoms with Crippen LogP contribution in [0.4, 0.5) is 0 Å². The van der Waals surface area contributed by atoms with Crippen molar-refractivity contribution in [3.63, 3.8) is 0 Å². The second-order valence-corrected chi connectivity index (χ2v) is 6.75. The highest BCUT2D eigenvalue weighted by Gasteiger charge is 2.22. The van der Waals surface area contributed by atoms with Crippen molar-refractivity contribution >= 4 is 11.0 Å². The number of fused-ring (bicyclic) bond motifs is 2. The van der Waals surface area contributed by atoms with Crippen LogP contribution in [0, 0.1) is 0 Å². The zero-order valence-corrected chi connectivity index (χ0v) is 14.7. The molecule has 0 saturated carbocycles. The van der Waals surface area contributed by atoms with Crippen LogP contribution in [-0.2, 0) is 13.0 Å². The van der Waals surface area contributed by atoms with Crippen molar-refractivity contribution in [2.24, 2.45) is 0 Å². The Morgan fingerprint density at radius 1 is 1.11 bits per heavy atom. The third kappa shape index (κ3) is 3.17. The SMILES string of the molecule is c1cncc(-c2ncc3c(n2)CCC[C@H]3NCc2ccc3nonc3c2)c1. The smallest absolute Gasteiger partial charge is 0.160 e. The fourth-order valence-corrected chi connectivity index (χ4v) is 3.57. The molecule has 0 aliphatic heterocycles. The summed E-state index contributed by atoms with van der Waals surface area (Å²) in [6.07, 6.45) is 8.70. The molecule has 3 heterocycles. The molecule has 7 nitrogen and oxygen atoms in total. The minimum atomic E-state index is 0.253. The first-order valence-corrected chi connectivity index (χ1v) is 9.07. The summed E-state index contributed by atoms with van der Waals surface area (Å²) in [5.41, 5.74) is 5.98. The van der Waals surface area contributed by atoms with Crippen molar-refractivity contribution in [2.75, 3.05) is 0 Å². The molecule has 4 aromatic rings. The number of aryl methyl sites for hydroxylation is 1. The van der Waals surface area contributed by atoms with E-state index in [-0.39, 0.29) is 6.04 Å². The Morgan fingerprint density at radius 2 is 2.07 bits per heavy atom. The number of hydrogen-bond acceptors (Lipinski definition) is 7. The molecule has 0 saturated heterocycles. The zero-order valence-electron chi connectivity index (χ0n) is 14.7. The van der Waals surface area contributed by atoms with Crippen molar-refractivity contribution in [1.29, 1.82) is 0 Å². The summed E-state index contributed by atoms with van der Waals surface area (Å²) in [6.45, 7) is 0.747. The molecule has 1 N–H and O–H groups in total. The maximum atomic E-state index is 4.80. The van der Waals surface area contributed by atoms with Gasteiger partial charge in [-0.3, -0.25) is 4.98 Å². The van der Waals surface area contributed by atoms with E-state index in [9.17, 15) is 0 Å². The van der Waals surface area contributed by atoms with Crippen LogP contribution >= 0.6 is 0 Å². The molecule has 0 spiro atoms. The predicted molar refractivity (Wildman–Crippen MR) is 99.6 cm³/mol. The maximum Gasteiger partial charge on any atom is 0.160 e. The molecule has 5 rings (SSSR count). The first-order chi connectivity index (χ1) is 13.4. The maximum absolute atomic E-state index is 4.80. The molecule has 1 aliphatic carbocycles. The average Bonchev–Trinajstić information content (AvgIpc) is 3.20. The molecule has 0 fully saturated rings. The van der Waals surface area contributed by atoms with Crippen molar-refractivity contribution in [2.45, 2.75) is 31.8 Å². The summed E-state index contributed by atoms with van der Waals surface area (Å²) in [6, 6.07) is 10.1. The minimum absolute atomic E-state index is 0.253. The topological polar surface area (TPSA) is 89.6 Å². The van der Waals surface area contributed by atoms with Gasteiger partial charge in [-0.15, -0.1) is 0 Å². The lowest BCUT2D eigenvalue weighted by Gasteiger charge is -2.25. The van der Waals surface area contributed by atoms with E-state index >= 15 is 0 Å². The summed E-state index contributed by atoms with van der Waals surface area (Å²) in [7, 11) is 0. The van der Waals surface area contributed by atoms with E-state index in [1.54, 1.807) is 12.4 Å². The number of hydrogen-bond donors (Lipinski definition) is 1. The van der Waals surface area contributed by atoms with Crippen molar-refractivity contribution in [3.8, 4) is 11.4 Å². The number of aromatic nitrogens is 5. The van der Waals surface area contributed by atoms with E-state index in [0.29, 0.717) is 0 Å². The fraction of sp³-hybridized carbons (Fsp3) is 0.250. The van der Waals surface area contributed by atoms with Gasteiger partial charge in [0.1, 0.15) is 11.0 Å². The molecule has 134 valence electrons. The predicted octanol–water partition coefficient (Wildman–Crippen LogP) is 3.24. The third-order valence-electron chi connectivity index (χ3n) is 4.97. The third-order valence-corrected chi connectivity index (χ3v) is 4.97. The summed E-state index contributed by atoms with van der Waals surface area (Å²) < 4.78 is 4.77. The Bertz CT molecular complexity index is 1080. The highest BCUT2D eigenvalue weighted by atomic mass is 16.6. The van der Waals surface area contributed by atoms with Crippen LogP contribution in [0.25, 0.3) is 22.4 Å². The standard InChI is InChI=1S/C20H18N6O/c1-4-16(22-10-13-6-7-18-19(9-13)26-27-25-18)15-12-23-20(24-17(15)5-1)14-3-2-8-21-11-14/h2-3,6-9,11-12,16,22H,1,4-5,10H2/t16-/m1/s1. The molecule has 1 aromatic carbocycles. The Balaban J connectivity index is 1.36. The molecule has 27 heavy (non-hydrogen) atoms. The highest BCUT2D eigenvalue weighted by Crippen LogP contribution is 2.29. The van der Waals surface area contributed by atoms with E-state index in [1.165, 1.54) is 5.56 Å². The first kappa shape index (κ1) is 16.0. The normalized spacial score (nSPS) is 16.4. The van der Waals surface area contributed by atoms with Gasteiger partial charge in [0.05, 0.1) is 0 Å². The van der Waals surface area contributed by atoms with E-state index in [4.69, 9.17) is 9.61 Å². The lowest BCUT2D eigenvalue weighted by molar-refractivity contribution is 0.315. The van der Waals surface area contributed by atoms with Crippen LogP contribution in [0.15, 0.2) is 53.6 Å². The Kier molecular flexibility index (Phi) is 4.06. The highest BCUT2D eigenvalue weighted by molar-refractivity contribution is 5.73. The number of nitrogens with one attached hydrogen (secondary N) is 1. The summed E-state index contributed by atoms with van der Waals surface area (Å²) in [5.74, 6) is 0.742. The van der Waals surface area contributed by atoms with Crippen LogP contribution in [0.5, 0.6) is 0 Å². The lowest BCUT2D eigenvalue weighted by atomic mass is 9.92. The molecule has 7 heteroatoms. The first-order valence-electron chi connectivity index (χ1n) is 9.07. The van der Waals surface area contributed by atoms with E-state index in [2.05, 4.69) is 25.6 Å². The monoisotopic (exact) mass is 358 g/mol. The van der Waals surface area contributed by atoms with E-state index in [1.807, 2.05) is 36.5 Å². The zero-order chi connectivity index (χ0) is 18.1. The van der Waals surface area contributed by atoms with Gasteiger partial charge in [0.15, 0.2) is 5.82 Å². The molecule has 0 bridgehead atoms. The number of benzene rings is 1. The van der Waals surface area contributed by atoms with Crippen LogP contribution in [0.1, 0.15) is 35.7 Å².